The minimum absolute atomic E-state index is 0.328. The van der Waals surface area contributed by atoms with Gasteiger partial charge in [0.15, 0.2) is 0 Å². The second-order valence-corrected chi connectivity index (χ2v) is 7.50. The molecule has 0 saturated carbocycles. The highest BCUT2D eigenvalue weighted by molar-refractivity contribution is 5.90. The molecule has 1 aliphatic heterocycles. The molecular weight excluding hydrogens is 334 g/mol. The number of anilines is 3. The fourth-order valence-electron chi connectivity index (χ4n) is 3.51. The first-order chi connectivity index (χ1) is 13.1. The highest BCUT2D eigenvalue weighted by atomic mass is 15.3. The average molecular weight is 361 g/mol. The molecule has 0 unspecified atom stereocenters. The van der Waals surface area contributed by atoms with Crippen molar-refractivity contribution in [2.45, 2.75) is 26.8 Å². The van der Waals surface area contributed by atoms with Gasteiger partial charge in [-0.2, -0.15) is 4.98 Å². The number of rotatable bonds is 4. The van der Waals surface area contributed by atoms with E-state index in [1.54, 1.807) is 0 Å². The molecule has 1 fully saturated rings. The zero-order valence-electron chi connectivity index (χ0n) is 16.3. The number of para-hydroxylation sites is 1. The Morgan fingerprint density at radius 2 is 1.52 bits per heavy atom. The summed E-state index contributed by atoms with van der Waals surface area (Å²) < 4.78 is 0. The number of benzene rings is 2. The van der Waals surface area contributed by atoms with Crippen molar-refractivity contribution < 1.29 is 0 Å². The van der Waals surface area contributed by atoms with Gasteiger partial charge in [-0.15, -0.1) is 0 Å². The Bertz CT molecular complexity index is 912. The first-order valence-electron chi connectivity index (χ1n) is 9.70. The second-order valence-electron chi connectivity index (χ2n) is 7.50. The van der Waals surface area contributed by atoms with E-state index in [1.807, 2.05) is 12.1 Å². The molecule has 0 atom stereocenters. The average Bonchev–Trinajstić information content (AvgIpc) is 2.68. The number of piperazine rings is 1. The largest absolute Gasteiger partial charge is 0.368 e. The molecule has 4 rings (SSSR count). The topological polar surface area (TPSA) is 44.3 Å². The fourth-order valence-corrected chi connectivity index (χ4v) is 3.51. The predicted molar refractivity (Wildman–Crippen MR) is 114 cm³/mol. The Labute approximate surface area is 161 Å². The third-order valence-electron chi connectivity index (χ3n) is 4.98. The molecule has 0 aliphatic carbocycles. The summed E-state index contributed by atoms with van der Waals surface area (Å²) in [5.74, 6) is 1.74. The van der Waals surface area contributed by atoms with Gasteiger partial charge in [0.25, 0.3) is 0 Å². The number of fused-ring (bicyclic) bond motifs is 1. The summed E-state index contributed by atoms with van der Waals surface area (Å²) in [5.41, 5.74) is 3.58. The maximum Gasteiger partial charge on any atom is 0.228 e. The van der Waals surface area contributed by atoms with Crippen molar-refractivity contribution in [1.82, 2.24) is 9.97 Å². The second kappa shape index (κ2) is 7.43. The van der Waals surface area contributed by atoms with E-state index in [0.29, 0.717) is 6.04 Å². The van der Waals surface area contributed by atoms with Gasteiger partial charge in [0, 0.05) is 43.3 Å². The Morgan fingerprint density at radius 1 is 0.852 bits per heavy atom. The van der Waals surface area contributed by atoms with E-state index in [0.717, 1.165) is 48.8 Å². The summed E-state index contributed by atoms with van der Waals surface area (Å²) in [7, 11) is 0. The number of nitrogens with zero attached hydrogens (tertiary/aromatic N) is 4. The molecule has 5 nitrogen and oxygen atoms in total. The van der Waals surface area contributed by atoms with Crippen LogP contribution < -0.4 is 15.1 Å². The van der Waals surface area contributed by atoms with Gasteiger partial charge < -0.3 is 15.1 Å². The quantitative estimate of drug-likeness (QED) is 0.758. The van der Waals surface area contributed by atoms with Crippen LogP contribution in [0.3, 0.4) is 0 Å². The summed E-state index contributed by atoms with van der Waals surface area (Å²) in [4.78, 5) is 14.4. The van der Waals surface area contributed by atoms with E-state index in [2.05, 4.69) is 72.3 Å². The molecule has 1 saturated heterocycles. The molecule has 2 aromatic carbocycles. The van der Waals surface area contributed by atoms with E-state index < -0.39 is 0 Å². The van der Waals surface area contributed by atoms with Crippen LogP contribution >= 0.6 is 0 Å². The van der Waals surface area contributed by atoms with Crippen molar-refractivity contribution in [3.8, 4) is 0 Å². The highest BCUT2D eigenvalue weighted by Gasteiger charge is 2.20. The molecule has 0 bridgehead atoms. The van der Waals surface area contributed by atoms with Crippen LogP contribution in [0, 0.1) is 6.92 Å². The number of hydrogen-bond acceptors (Lipinski definition) is 5. The van der Waals surface area contributed by atoms with Crippen molar-refractivity contribution in [3.05, 3.63) is 54.1 Å². The third kappa shape index (κ3) is 3.82. The van der Waals surface area contributed by atoms with Gasteiger partial charge in [-0.1, -0.05) is 29.8 Å². The molecule has 0 radical (unpaired) electrons. The lowest BCUT2D eigenvalue weighted by Gasteiger charge is -2.36. The van der Waals surface area contributed by atoms with Crippen LogP contribution in [-0.2, 0) is 0 Å². The molecule has 3 aromatic rings. The van der Waals surface area contributed by atoms with Crippen molar-refractivity contribution in [1.29, 1.82) is 0 Å². The van der Waals surface area contributed by atoms with Gasteiger partial charge in [0.1, 0.15) is 5.82 Å². The predicted octanol–water partition coefficient (Wildman–Crippen LogP) is 4.09. The van der Waals surface area contributed by atoms with Crippen LogP contribution in [0.1, 0.15) is 19.4 Å². The smallest absolute Gasteiger partial charge is 0.228 e. The zero-order chi connectivity index (χ0) is 18.8. The van der Waals surface area contributed by atoms with Crippen LogP contribution in [0.4, 0.5) is 17.5 Å². The van der Waals surface area contributed by atoms with Crippen LogP contribution in [0.2, 0.25) is 0 Å². The van der Waals surface area contributed by atoms with Crippen molar-refractivity contribution in [2.75, 3.05) is 41.3 Å². The molecule has 0 amide bonds. The standard InChI is InChI=1S/C22H27N5/c1-16(2)23-21-19-6-4-5-7-20(19)24-22(25-21)27-14-12-26(13-15-27)18-10-8-17(3)9-11-18/h4-11,16H,12-15H2,1-3H3,(H,23,24,25). The molecular formula is C22H27N5. The van der Waals surface area contributed by atoms with Crippen molar-refractivity contribution >= 4 is 28.4 Å². The van der Waals surface area contributed by atoms with Gasteiger partial charge >= 0.3 is 0 Å². The minimum atomic E-state index is 0.328. The van der Waals surface area contributed by atoms with Crippen LogP contribution in [0.5, 0.6) is 0 Å². The molecule has 1 aromatic heterocycles. The maximum absolute atomic E-state index is 4.86. The maximum atomic E-state index is 4.86. The number of nitrogens with one attached hydrogen (secondary N) is 1. The SMILES string of the molecule is Cc1ccc(N2CCN(c3nc(NC(C)C)c4ccccc4n3)CC2)cc1. The van der Waals surface area contributed by atoms with Gasteiger partial charge in [-0.05, 0) is 45.0 Å². The van der Waals surface area contributed by atoms with Gasteiger partial charge in [0.05, 0.1) is 5.52 Å². The summed E-state index contributed by atoms with van der Waals surface area (Å²) in [6.07, 6.45) is 0. The summed E-state index contributed by atoms with van der Waals surface area (Å²) in [5, 5.41) is 4.56. The molecule has 0 spiro atoms. The normalized spacial score (nSPS) is 14.8. The minimum Gasteiger partial charge on any atom is -0.368 e. The van der Waals surface area contributed by atoms with Gasteiger partial charge in [-0.25, -0.2) is 4.98 Å². The highest BCUT2D eigenvalue weighted by Crippen LogP contribution is 2.25. The lowest BCUT2D eigenvalue weighted by atomic mass is 10.2. The molecule has 2 heterocycles. The Kier molecular flexibility index (Phi) is 4.84. The Hall–Kier alpha value is -2.82. The number of aryl methyl sites for hydroxylation is 1. The van der Waals surface area contributed by atoms with Crippen molar-refractivity contribution in [3.63, 3.8) is 0 Å². The Balaban J connectivity index is 1.55. The van der Waals surface area contributed by atoms with E-state index >= 15 is 0 Å². The molecule has 5 heteroatoms. The van der Waals surface area contributed by atoms with Crippen LogP contribution in [-0.4, -0.2) is 42.2 Å². The lowest BCUT2D eigenvalue weighted by molar-refractivity contribution is 0.641. The summed E-state index contributed by atoms with van der Waals surface area (Å²) in [6, 6.07) is 17.3. The van der Waals surface area contributed by atoms with E-state index in [1.165, 1.54) is 11.3 Å². The van der Waals surface area contributed by atoms with Gasteiger partial charge in [0.2, 0.25) is 5.95 Å². The first-order valence-corrected chi connectivity index (χ1v) is 9.70. The molecule has 27 heavy (non-hydrogen) atoms. The molecule has 1 N–H and O–H groups in total. The van der Waals surface area contributed by atoms with Gasteiger partial charge in [-0.3, -0.25) is 0 Å². The van der Waals surface area contributed by atoms with Crippen LogP contribution in [0.25, 0.3) is 10.9 Å². The fraction of sp³-hybridized carbons (Fsp3) is 0.364. The Morgan fingerprint density at radius 3 is 2.22 bits per heavy atom. The third-order valence-corrected chi connectivity index (χ3v) is 4.98. The monoisotopic (exact) mass is 361 g/mol. The molecule has 140 valence electrons. The summed E-state index contributed by atoms with van der Waals surface area (Å²) >= 11 is 0. The van der Waals surface area contributed by atoms with E-state index in [4.69, 9.17) is 9.97 Å². The van der Waals surface area contributed by atoms with Crippen molar-refractivity contribution in [2.24, 2.45) is 0 Å². The number of aromatic nitrogens is 2. The number of hydrogen-bond donors (Lipinski definition) is 1. The van der Waals surface area contributed by atoms with Crippen LogP contribution in [0.15, 0.2) is 48.5 Å². The lowest BCUT2D eigenvalue weighted by Crippen LogP contribution is -2.47. The zero-order valence-corrected chi connectivity index (χ0v) is 16.3. The summed E-state index contributed by atoms with van der Waals surface area (Å²) in [6.45, 7) is 10.2. The first kappa shape index (κ1) is 17.6. The van der Waals surface area contributed by atoms with E-state index in [9.17, 15) is 0 Å². The van der Waals surface area contributed by atoms with E-state index in [-0.39, 0.29) is 0 Å². The molecule has 1 aliphatic rings.